The Balaban J connectivity index is 0. The molecule has 0 amide bonds. The van der Waals surface area contributed by atoms with Crippen LogP contribution in [0.3, 0.4) is 0 Å². The number of rotatable bonds is 2. The lowest BCUT2D eigenvalue weighted by molar-refractivity contribution is 0.0601. The van der Waals surface area contributed by atoms with Crippen LogP contribution in [0.1, 0.15) is 38.1 Å². The number of methoxy groups -OCH3 is 1. The van der Waals surface area contributed by atoms with Gasteiger partial charge < -0.3 is 10.1 Å². The van der Waals surface area contributed by atoms with Gasteiger partial charge in [0.2, 0.25) is 0 Å². The number of nitrogens with one attached hydrogen (secondary N) is 1. The maximum atomic E-state index is 11.0. The van der Waals surface area contributed by atoms with Gasteiger partial charge in [0, 0.05) is 12.7 Å². The van der Waals surface area contributed by atoms with Crippen LogP contribution >= 0.6 is 0 Å². The van der Waals surface area contributed by atoms with E-state index in [-0.39, 0.29) is 5.97 Å². The van der Waals surface area contributed by atoms with E-state index < -0.39 is 0 Å². The van der Waals surface area contributed by atoms with E-state index in [1.165, 1.54) is 7.11 Å². The summed E-state index contributed by atoms with van der Waals surface area (Å²) < 4.78 is 4.57. The van der Waals surface area contributed by atoms with E-state index in [4.69, 9.17) is 0 Å². The minimum Gasteiger partial charge on any atom is -0.465 e. The first-order valence-corrected chi connectivity index (χ1v) is 5.64. The summed E-state index contributed by atoms with van der Waals surface area (Å²) in [6.45, 7) is 8.00. The van der Waals surface area contributed by atoms with Crippen LogP contribution in [0.5, 0.6) is 0 Å². The molecule has 0 aliphatic carbocycles. The molecule has 0 fully saturated rings. The van der Waals surface area contributed by atoms with Crippen molar-refractivity contribution in [1.82, 2.24) is 0 Å². The predicted octanol–water partition coefficient (Wildman–Crippen LogP) is 3.57. The molecule has 0 unspecified atom stereocenters. The van der Waals surface area contributed by atoms with Crippen molar-refractivity contribution in [1.29, 1.82) is 0 Å². The van der Waals surface area contributed by atoms with Crippen molar-refractivity contribution >= 4 is 11.7 Å². The maximum Gasteiger partial charge on any atom is 0.337 e. The average Bonchev–Trinajstić information content (AvgIpc) is 2.42. The highest BCUT2D eigenvalue weighted by molar-refractivity contribution is 5.90. The molecule has 3 heteroatoms. The average molecular weight is 225 g/mol. The molecule has 0 aromatic heterocycles. The van der Waals surface area contributed by atoms with Crippen LogP contribution in [0.4, 0.5) is 5.69 Å². The molecule has 1 rings (SSSR count). The molecule has 0 radical (unpaired) electrons. The Labute approximate surface area is 98.8 Å². The van der Waals surface area contributed by atoms with Crippen molar-refractivity contribution in [3.05, 3.63) is 29.8 Å². The Morgan fingerprint density at radius 1 is 1.19 bits per heavy atom. The SMILES string of the molecule is CC.CC.CNc1cccc(C(=O)OC)c1. The number of hydrogen-bond acceptors (Lipinski definition) is 3. The summed E-state index contributed by atoms with van der Waals surface area (Å²) in [6.07, 6.45) is 0. The molecule has 0 heterocycles. The standard InChI is InChI=1S/C9H11NO2.2C2H6/c1-10-8-5-3-4-7(6-8)9(11)12-2;2*1-2/h3-6,10H,1-2H3;2*1-2H3. The summed E-state index contributed by atoms with van der Waals surface area (Å²) >= 11 is 0. The molecule has 1 aromatic rings. The fourth-order valence-electron chi connectivity index (χ4n) is 0.920. The van der Waals surface area contributed by atoms with E-state index in [2.05, 4.69) is 10.1 Å². The van der Waals surface area contributed by atoms with Gasteiger partial charge in [-0.05, 0) is 18.2 Å². The van der Waals surface area contributed by atoms with Gasteiger partial charge in [0.1, 0.15) is 0 Å². The van der Waals surface area contributed by atoms with Gasteiger partial charge in [-0.15, -0.1) is 0 Å². The third-order valence-corrected chi connectivity index (χ3v) is 1.57. The minimum atomic E-state index is -0.313. The van der Waals surface area contributed by atoms with Gasteiger partial charge >= 0.3 is 5.97 Å². The molecule has 3 nitrogen and oxygen atoms in total. The van der Waals surface area contributed by atoms with Crippen LogP contribution < -0.4 is 5.32 Å². The Bertz CT molecular complexity index is 285. The lowest BCUT2D eigenvalue weighted by atomic mass is 10.2. The van der Waals surface area contributed by atoms with Gasteiger partial charge in [0.05, 0.1) is 12.7 Å². The summed E-state index contributed by atoms with van der Waals surface area (Å²) in [5, 5.41) is 2.94. The molecular formula is C13H23NO2. The van der Waals surface area contributed by atoms with Gasteiger partial charge in [-0.2, -0.15) is 0 Å². The van der Waals surface area contributed by atoms with E-state index in [9.17, 15) is 4.79 Å². The van der Waals surface area contributed by atoms with Gasteiger partial charge in [-0.3, -0.25) is 0 Å². The number of carbonyl (C=O) groups excluding carboxylic acids is 1. The third kappa shape index (κ3) is 6.06. The van der Waals surface area contributed by atoms with Gasteiger partial charge in [-0.25, -0.2) is 4.79 Å². The van der Waals surface area contributed by atoms with E-state index in [1.807, 2.05) is 33.8 Å². The quantitative estimate of drug-likeness (QED) is 0.782. The second kappa shape index (κ2) is 11.6. The summed E-state index contributed by atoms with van der Waals surface area (Å²) in [6, 6.07) is 7.14. The van der Waals surface area contributed by atoms with Crippen molar-refractivity contribution in [2.45, 2.75) is 27.7 Å². The zero-order valence-corrected chi connectivity index (χ0v) is 11.1. The first-order chi connectivity index (χ1) is 7.77. The zero-order valence-electron chi connectivity index (χ0n) is 11.1. The molecule has 1 aromatic carbocycles. The Morgan fingerprint density at radius 2 is 1.75 bits per heavy atom. The van der Waals surface area contributed by atoms with Crippen LogP contribution in [-0.2, 0) is 4.74 Å². The molecular weight excluding hydrogens is 202 g/mol. The van der Waals surface area contributed by atoms with E-state index in [1.54, 1.807) is 25.2 Å². The number of anilines is 1. The Hall–Kier alpha value is -1.51. The second-order valence-corrected chi connectivity index (χ2v) is 2.32. The van der Waals surface area contributed by atoms with Crippen molar-refractivity contribution in [3.63, 3.8) is 0 Å². The number of carbonyl (C=O) groups is 1. The van der Waals surface area contributed by atoms with Crippen molar-refractivity contribution in [2.24, 2.45) is 0 Å². The topological polar surface area (TPSA) is 38.3 Å². The Kier molecular flexibility index (Phi) is 12.2. The Morgan fingerprint density at radius 3 is 2.19 bits per heavy atom. The summed E-state index contributed by atoms with van der Waals surface area (Å²) in [4.78, 5) is 11.0. The molecule has 0 atom stereocenters. The third-order valence-electron chi connectivity index (χ3n) is 1.57. The van der Waals surface area contributed by atoms with E-state index in [0.29, 0.717) is 5.56 Å². The van der Waals surface area contributed by atoms with Crippen LogP contribution in [0, 0.1) is 0 Å². The first kappa shape index (κ1) is 16.9. The van der Waals surface area contributed by atoms with E-state index >= 15 is 0 Å². The molecule has 0 bridgehead atoms. The summed E-state index contributed by atoms with van der Waals surface area (Å²) in [7, 11) is 3.17. The molecule has 0 saturated carbocycles. The van der Waals surface area contributed by atoms with Crippen LogP contribution in [0.15, 0.2) is 24.3 Å². The number of esters is 1. The highest BCUT2D eigenvalue weighted by Gasteiger charge is 2.03. The summed E-state index contributed by atoms with van der Waals surface area (Å²) in [5.74, 6) is -0.313. The van der Waals surface area contributed by atoms with Crippen LogP contribution in [0.2, 0.25) is 0 Å². The van der Waals surface area contributed by atoms with Crippen molar-refractivity contribution in [2.75, 3.05) is 19.5 Å². The lowest BCUT2D eigenvalue weighted by Gasteiger charge is -2.02. The van der Waals surface area contributed by atoms with Crippen LogP contribution in [-0.4, -0.2) is 20.1 Å². The number of hydrogen-bond donors (Lipinski definition) is 1. The largest absolute Gasteiger partial charge is 0.465 e. The summed E-state index contributed by atoms with van der Waals surface area (Å²) in [5.41, 5.74) is 1.46. The fraction of sp³-hybridized carbons (Fsp3) is 0.462. The molecule has 0 aliphatic heterocycles. The van der Waals surface area contributed by atoms with Gasteiger partial charge in [0.15, 0.2) is 0 Å². The number of ether oxygens (including phenoxy) is 1. The lowest BCUT2D eigenvalue weighted by Crippen LogP contribution is -2.01. The molecule has 16 heavy (non-hydrogen) atoms. The predicted molar refractivity (Wildman–Crippen MR) is 70.0 cm³/mol. The smallest absolute Gasteiger partial charge is 0.337 e. The first-order valence-electron chi connectivity index (χ1n) is 5.64. The highest BCUT2D eigenvalue weighted by atomic mass is 16.5. The zero-order chi connectivity index (χ0) is 13.0. The number of benzene rings is 1. The molecule has 0 aliphatic rings. The highest BCUT2D eigenvalue weighted by Crippen LogP contribution is 2.10. The van der Waals surface area contributed by atoms with Crippen molar-refractivity contribution in [3.8, 4) is 0 Å². The monoisotopic (exact) mass is 225 g/mol. The van der Waals surface area contributed by atoms with E-state index in [0.717, 1.165) is 5.69 Å². The van der Waals surface area contributed by atoms with Gasteiger partial charge in [-0.1, -0.05) is 33.8 Å². The van der Waals surface area contributed by atoms with Crippen LogP contribution in [0.25, 0.3) is 0 Å². The van der Waals surface area contributed by atoms with Crippen molar-refractivity contribution < 1.29 is 9.53 Å². The molecule has 92 valence electrons. The molecule has 1 N–H and O–H groups in total. The van der Waals surface area contributed by atoms with Gasteiger partial charge in [0.25, 0.3) is 0 Å². The normalized spacial score (nSPS) is 7.62. The molecule has 0 saturated heterocycles. The fourth-order valence-corrected chi connectivity index (χ4v) is 0.920. The maximum absolute atomic E-state index is 11.0. The molecule has 0 spiro atoms. The minimum absolute atomic E-state index is 0.313. The second-order valence-electron chi connectivity index (χ2n) is 2.32.